The van der Waals surface area contributed by atoms with Gasteiger partial charge in [-0.15, -0.1) is 0 Å². The fourth-order valence-electron chi connectivity index (χ4n) is 0.774. The second kappa shape index (κ2) is 4.43. The van der Waals surface area contributed by atoms with E-state index in [1.54, 1.807) is 0 Å². The van der Waals surface area contributed by atoms with Gasteiger partial charge in [-0.3, -0.25) is 4.21 Å². The Morgan fingerprint density at radius 3 is 2.57 bits per heavy atom. The Morgan fingerprint density at radius 2 is 2.07 bits per heavy atom. The van der Waals surface area contributed by atoms with Gasteiger partial charge in [0.15, 0.2) is 11.6 Å². The Balaban J connectivity index is 3.02. The summed E-state index contributed by atoms with van der Waals surface area (Å²) in [7, 11) is 0. The highest BCUT2D eigenvalue weighted by Gasteiger charge is 2.10. The molecule has 0 aromatic heterocycles. The van der Waals surface area contributed by atoms with Crippen molar-refractivity contribution in [2.45, 2.75) is 11.5 Å². The zero-order chi connectivity index (χ0) is 10.7. The van der Waals surface area contributed by atoms with Crippen molar-refractivity contribution in [1.82, 2.24) is 0 Å². The van der Waals surface area contributed by atoms with Crippen molar-refractivity contribution in [2.75, 3.05) is 0 Å². The summed E-state index contributed by atoms with van der Waals surface area (Å²) in [4.78, 5) is -0.318. The lowest BCUT2D eigenvalue weighted by atomic mass is 10.3. The smallest absolute Gasteiger partial charge is 0.387 e. The number of hydrogen-bond acceptors (Lipinski definition) is 3. The van der Waals surface area contributed by atoms with Crippen LogP contribution in [0.4, 0.5) is 13.2 Å². The van der Waals surface area contributed by atoms with E-state index >= 15 is 0 Å². The minimum atomic E-state index is -3.19. The van der Waals surface area contributed by atoms with E-state index in [1.165, 1.54) is 0 Å². The fraction of sp³-hybridized carbons (Fsp3) is 0.143. The lowest BCUT2D eigenvalue weighted by molar-refractivity contribution is -0.0523. The highest BCUT2D eigenvalue weighted by molar-refractivity contribution is 7.79. The second-order valence-electron chi connectivity index (χ2n) is 2.21. The first-order chi connectivity index (χ1) is 6.50. The molecule has 78 valence electrons. The van der Waals surface area contributed by atoms with Crippen molar-refractivity contribution in [1.29, 1.82) is 0 Å². The molecule has 0 aliphatic heterocycles. The number of ether oxygens (including phenoxy) is 1. The first-order valence-electron chi connectivity index (χ1n) is 3.34. The normalized spacial score (nSPS) is 12.9. The van der Waals surface area contributed by atoms with Crippen LogP contribution in [0, 0.1) is 5.82 Å². The van der Waals surface area contributed by atoms with Crippen molar-refractivity contribution in [2.24, 2.45) is 0 Å². The molecule has 7 heteroatoms. The van der Waals surface area contributed by atoms with Crippen LogP contribution >= 0.6 is 0 Å². The molecule has 0 spiro atoms. The molecule has 0 saturated carbocycles. The summed E-state index contributed by atoms with van der Waals surface area (Å²) in [6.45, 7) is -3.19. The standard InChI is InChI=1S/C7H5F3O3S/c8-5-2-1-4(14(11)12)3-6(5)13-7(9)10/h1-3,7H,(H,11,12)/p-1. The van der Waals surface area contributed by atoms with Crippen molar-refractivity contribution in [3.05, 3.63) is 24.0 Å². The summed E-state index contributed by atoms with van der Waals surface area (Å²) in [5.41, 5.74) is 0. The van der Waals surface area contributed by atoms with E-state index in [4.69, 9.17) is 0 Å². The summed E-state index contributed by atoms with van der Waals surface area (Å²) in [5, 5.41) is 0. The molecule has 0 bridgehead atoms. The van der Waals surface area contributed by atoms with Crippen molar-refractivity contribution in [3.8, 4) is 5.75 Å². The minimum absolute atomic E-state index is 0.318. The molecule has 1 aromatic carbocycles. The molecule has 0 N–H and O–H groups in total. The van der Waals surface area contributed by atoms with Crippen LogP contribution in [0.2, 0.25) is 0 Å². The van der Waals surface area contributed by atoms with Gasteiger partial charge in [0.1, 0.15) is 0 Å². The van der Waals surface area contributed by atoms with Crippen LogP contribution in [-0.4, -0.2) is 15.4 Å². The molecular weight excluding hydrogens is 221 g/mol. The minimum Gasteiger partial charge on any atom is -0.768 e. The predicted octanol–water partition coefficient (Wildman–Crippen LogP) is 1.67. The summed E-state index contributed by atoms with van der Waals surface area (Å²) >= 11 is -2.60. The van der Waals surface area contributed by atoms with Crippen molar-refractivity contribution in [3.63, 3.8) is 0 Å². The Kier molecular flexibility index (Phi) is 3.48. The number of hydrogen-bond donors (Lipinski definition) is 0. The van der Waals surface area contributed by atoms with Gasteiger partial charge in [0.25, 0.3) is 0 Å². The van der Waals surface area contributed by atoms with E-state index in [0.717, 1.165) is 12.1 Å². The number of rotatable bonds is 3. The molecule has 0 aliphatic rings. The maximum Gasteiger partial charge on any atom is 0.387 e. The van der Waals surface area contributed by atoms with Gasteiger partial charge >= 0.3 is 6.61 Å². The van der Waals surface area contributed by atoms with E-state index in [9.17, 15) is 21.9 Å². The summed E-state index contributed by atoms with van der Waals surface area (Å²) in [6.07, 6.45) is 0. The van der Waals surface area contributed by atoms with Gasteiger partial charge in [-0.05, 0) is 29.3 Å². The SMILES string of the molecule is O=S([O-])c1ccc(F)c(OC(F)F)c1. The molecule has 3 nitrogen and oxygen atoms in total. The molecule has 0 amide bonds. The maximum atomic E-state index is 12.7. The highest BCUT2D eigenvalue weighted by Crippen LogP contribution is 2.22. The maximum absolute atomic E-state index is 12.7. The highest BCUT2D eigenvalue weighted by atomic mass is 32.2. The number of benzene rings is 1. The molecule has 0 fully saturated rings. The molecule has 0 radical (unpaired) electrons. The van der Waals surface area contributed by atoms with Gasteiger partial charge in [0, 0.05) is 4.90 Å². The van der Waals surface area contributed by atoms with Gasteiger partial charge in [0.2, 0.25) is 0 Å². The van der Waals surface area contributed by atoms with E-state index < -0.39 is 29.3 Å². The molecule has 0 aliphatic carbocycles. The van der Waals surface area contributed by atoms with E-state index in [-0.39, 0.29) is 4.90 Å². The quantitative estimate of drug-likeness (QED) is 0.735. The zero-order valence-corrected chi connectivity index (χ0v) is 7.39. The van der Waals surface area contributed by atoms with E-state index in [2.05, 4.69) is 4.74 Å². The molecule has 14 heavy (non-hydrogen) atoms. The molecule has 1 aromatic rings. The van der Waals surface area contributed by atoms with Gasteiger partial charge in [-0.2, -0.15) is 8.78 Å². The topological polar surface area (TPSA) is 49.4 Å². The molecular formula is C7H4F3O3S-. The molecule has 1 atom stereocenters. The van der Waals surface area contributed by atoms with Crippen LogP contribution < -0.4 is 4.74 Å². The van der Waals surface area contributed by atoms with Crippen LogP contribution in [0.25, 0.3) is 0 Å². The van der Waals surface area contributed by atoms with E-state index in [0.29, 0.717) is 6.07 Å². The Bertz CT molecular complexity index is 356. The van der Waals surface area contributed by atoms with Crippen LogP contribution in [0.3, 0.4) is 0 Å². The summed E-state index contributed by atoms with van der Waals surface area (Å²) < 4.78 is 60.6. The zero-order valence-electron chi connectivity index (χ0n) is 6.58. The molecule has 1 unspecified atom stereocenters. The largest absolute Gasteiger partial charge is 0.768 e. The Hall–Kier alpha value is -1.08. The lowest BCUT2D eigenvalue weighted by Gasteiger charge is -2.09. The van der Waals surface area contributed by atoms with Gasteiger partial charge < -0.3 is 9.29 Å². The van der Waals surface area contributed by atoms with Crippen LogP contribution in [0.15, 0.2) is 23.1 Å². The van der Waals surface area contributed by atoms with Gasteiger partial charge in [-0.1, -0.05) is 0 Å². The number of alkyl halides is 2. The molecule has 0 heterocycles. The summed E-state index contributed by atoms with van der Waals surface area (Å²) in [6, 6.07) is 2.37. The fourth-order valence-corrected chi connectivity index (χ4v) is 1.16. The third-order valence-corrected chi connectivity index (χ3v) is 1.95. The van der Waals surface area contributed by atoms with Crippen molar-refractivity contribution >= 4 is 11.1 Å². The Morgan fingerprint density at radius 1 is 1.43 bits per heavy atom. The van der Waals surface area contributed by atoms with E-state index in [1.807, 2.05) is 0 Å². The second-order valence-corrected chi connectivity index (χ2v) is 3.15. The van der Waals surface area contributed by atoms with Crippen LogP contribution in [0.1, 0.15) is 0 Å². The monoisotopic (exact) mass is 225 g/mol. The third kappa shape index (κ3) is 2.71. The summed E-state index contributed by atoms with van der Waals surface area (Å²) in [5.74, 6) is -1.83. The number of halogens is 3. The van der Waals surface area contributed by atoms with Crippen molar-refractivity contribution < 1.29 is 26.7 Å². The average Bonchev–Trinajstić information content (AvgIpc) is 2.07. The van der Waals surface area contributed by atoms with Crippen LogP contribution in [0.5, 0.6) is 5.75 Å². The van der Waals surface area contributed by atoms with Gasteiger partial charge in [0.05, 0.1) is 0 Å². The van der Waals surface area contributed by atoms with Gasteiger partial charge in [-0.25, -0.2) is 4.39 Å². The first-order valence-corrected chi connectivity index (χ1v) is 4.42. The predicted molar refractivity (Wildman–Crippen MR) is 40.2 cm³/mol. The first kappa shape index (κ1) is 11.0. The lowest BCUT2D eigenvalue weighted by Crippen LogP contribution is -2.04. The third-order valence-electron chi connectivity index (χ3n) is 1.31. The average molecular weight is 225 g/mol. The van der Waals surface area contributed by atoms with Crippen LogP contribution in [-0.2, 0) is 11.1 Å². The molecule has 0 saturated heterocycles. The Labute approximate surface area is 79.8 Å². The molecule has 1 rings (SSSR count).